The molecule has 100 valence electrons. The van der Waals surface area contributed by atoms with E-state index in [0.717, 1.165) is 11.1 Å². The molecular formula is C15H17FN2S. The molecule has 4 heteroatoms. The van der Waals surface area contributed by atoms with Crippen molar-refractivity contribution < 1.29 is 4.39 Å². The van der Waals surface area contributed by atoms with Crippen LogP contribution in [0.1, 0.15) is 25.0 Å². The number of nitrogens with one attached hydrogen (secondary N) is 1. The minimum Gasteiger partial charge on any atom is -0.344 e. The highest BCUT2D eigenvalue weighted by atomic mass is 32.1. The van der Waals surface area contributed by atoms with Gasteiger partial charge in [0.15, 0.2) is 0 Å². The lowest BCUT2D eigenvalue weighted by Gasteiger charge is -2.09. The number of hydrogen-bond donors (Lipinski definition) is 1. The Bertz CT molecular complexity index is 541. The van der Waals surface area contributed by atoms with Gasteiger partial charge in [0.2, 0.25) is 0 Å². The number of rotatable bonds is 2. The molecule has 19 heavy (non-hydrogen) atoms. The van der Waals surface area contributed by atoms with Crippen LogP contribution in [-0.4, -0.2) is 9.97 Å². The van der Waals surface area contributed by atoms with Gasteiger partial charge in [0.05, 0.1) is 5.69 Å². The highest BCUT2D eigenvalue weighted by Gasteiger charge is 2.05. The third-order valence-electron chi connectivity index (χ3n) is 2.30. The topological polar surface area (TPSA) is 24.9 Å². The van der Waals surface area contributed by atoms with E-state index in [-0.39, 0.29) is 5.82 Å². The van der Waals surface area contributed by atoms with Gasteiger partial charge in [-0.25, -0.2) is 4.39 Å². The van der Waals surface area contributed by atoms with Gasteiger partial charge in [-0.05, 0) is 36.8 Å². The number of aromatic nitrogens is 1. The summed E-state index contributed by atoms with van der Waals surface area (Å²) in [6.45, 7) is 5.84. The Hall–Kier alpha value is -1.81. The molecule has 1 N–H and O–H groups in total. The molecule has 0 aliphatic heterocycles. The largest absolute Gasteiger partial charge is 0.344 e. The summed E-state index contributed by atoms with van der Waals surface area (Å²) in [4.78, 5) is 4.42. The first-order valence-electron chi connectivity index (χ1n) is 6.14. The maximum absolute atomic E-state index is 13.6. The molecule has 1 aromatic carbocycles. The van der Waals surface area contributed by atoms with Crippen molar-refractivity contribution in [1.82, 2.24) is 4.98 Å². The Morgan fingerprint density at radius 2 is 2.00 bits per heavy atom. The van der Waals surface area contributed by atoms with Crippen LogP contribution >= 0.6 is 12.2 Å². The molecule has 2 aromatic rings. The first-order chi connectivity index (χ1) is 9.16. The normalized spacial score (nSPS) is 9.26. The molecule has 0 bridgehead atoms. The summed E-state index contributed by atoms with van der Waals surface area (Å²) in [6.07, 6.45) is 3.31. The van der Waals surface area contributed by atoms with E-state index in [0.29, 0.717) is 10.7 Å². The molecule has 0 spiro atoms. The summed E-state index contributed by atoms with van der Waals surface area (Å²) in [7, 11) is 0. The van der Waals surface area contributed by atoms with Crippen LogP contribution in [0.4, 0.5) is 10.1 Å². The number of benzene rings is 1. The van der Waals surface area contributed by atoms with Gasteiger partial charge >= 0.3 is 0 Å². The van der Waals surface area contributed by atoms with Gasteiger partial charge in [-0.3, -0.25) is 4.98 Å². The van der Waals surface area contributed by atoms with Gasteiger partial charge < -0.3 is 5.32 Å². The molecular weight excluding hydrogens is 259 g/mol. The minimum atomic E-state index is -0.309. The summed E-state index contributed by atoms with van der Waals surface area (Å²) < 4.78 is 13.6. The van der Waals surface area contributed by atoms with Gasteiger partial charge in [0, 0.05) is 18.0 Å². The second-order valence-corrected chi connectivity index (χ2v) is 4.09. The number of halogens is 1. The van der Waals surface area contributed by atoms with Crippen LogP contribution in [0.15, 0.2) is 42.7 Å². The van der Waals surface area contributed by atoms with E-state index in [1.165, 1.54) is 6.07 Å². The van der Waals surface area contributed by atoms with Crippen LogP contribution in [0.2, 0.25) is 0 Å². The molecule has 0 saturated heterocycles. The molecule has 0 fully saturated rings. The van der Waals surface area contributed by atoms with E-state index in [1.807, 2.05) is 32.9 Å². The first-order valence-corrected chi connectivity index (χ1v) is 6.55. The van der Waals surface area contributed by atoms with Crippen molar-refractivity contribution in [2.75, 3.05) is 5.32 Å². The molecule has 0 aliphatic carbocycles. The van der Waals surface area contributed by atoms with E-state index in [9.17, 15) is 4.39 Å². The number of anilines is 1. The van der Waals surface area contributed by atoms with E-state index in [1.54, 1.807) is 24.5 Å². The van der Waals surface area contributed by atoms with Gasteiger partial charge in [-0.2, -0.15) is 0 Å². The lowest BCUT2D eigenvalue weighted by Crippen LogP contribution is -2.11. The molecule has 0 atom stereocenters. The Balaban J connectivity index is 0.000000861. The van der Waals surface area contributed by atoms with Crippen molar-refractivity contribution >= 4 is 22.9 Å². The zero-order chi connectivity index (χ0) is 14.3. The van der Waals surface area contributed by atoms with Crippen LogP contribution in [0, 0.1) is 12.7 Å². The van der Waals surface area contributed by atoms with Crippen molar-refractivity contribution in [3.63, 3.8) is 0 Å². The molecule has 0 amide bonds. The van der Waals surface area contributed by atoms with Crippen LogP contribution < -0.4 is 5.32 Å². The summed E-state index contributed by atoms with van der Waals surface area (Å²) in [6, 6.07) is 8.59. The number of aryl methyl sites for hydroxylation is 1. The molecule has 2 nitrogen and oxygen atoms in total. The average molecular weight is 276 g/mol. The molecule has 0 unspecified atom stereocenters. The van der Waals surface area contributed by atoms with Crippen molar-refractivity contribution in [3.8, 4) is 0 Å². The first kappa shape index (κ1) is 15.2. The van der Waals surface area contributed by atoms with Crippen LogP contribution in [0.25, 0.3) is 0 Å². The summed E-state index contributed by atoms with van der Waals surface area (Å²) in [5.74, 6) is -0.309. The average Bonchev–Trinajstić information content (AvgIpc) is 2.45. The SMILES string of the molecule is CC.Cc1ccc(NC(=S)c2cccnc2)c(F)c1. The zero-order valence-electron chi connectivity index (χ0n) is 11.3. The summed E-state index contributed by atoms with van der Waals surface area (Å²) in [5.41, 5.74) is 2.02. The Kier molecular flexibility index (Phi) is 6.09. The minimum absolute atomic E-state index is 0.309. The van der Waals surface area contributed by atoms with E-state index in [2.05, 4.69) is 10.3 Å². The predicted octanol–water partition coefficient (Wildman–Crippen LogP) is 4.34. The molecule has 1 heterocycles. The lowest BCUT2D eigenvalue weighted by atomic mass is 10.2. The van der Waals surface area contributed by atoms with E-state index >= 15 is 0 Å². The molecule has 2 rings (SSSR count). The van der Waals surface area contributed by atoms with Gasteiger partial charge in [0.1, 0.15) is 10.8 Å². The fourth-order valence-electron chi connectivity index (χ4n) is 1.41. The molecule has 0 radical (unpaired) electrons. The molecule has 1 aromatic heterocycles. The van der Waals surface area contributed by atoms with E-state index < -0.39 is 0 Å². The van der Waals surface area contributed by atoms with E-state index in [4.69, 9.17) is 12.2 Å². The monoisotopic (exact) mass is 276 g/mol. The number of nitrogens with zero attached hydrogens (tertiary/aromatic N) is 1. The van der Waals surface area contributed by atoms with Gasteiger partial charge in [-0.1, -0.05) is 32.1 Å². The van der Waals surface area contributed by atoms with Crippen molar-refractivity contribution in [2.45, 2.75) is 20.8 Å². The standard InChI is InChI=1S/C13H11FN2S.C2H6/c1-9-4-5-12(11(14)7-9)16-13(17)10-3-2-6-15-8-10;1-2/h2-8H,1H3,(H,16,17);1-2H3. The number of pyridine rings is 1. The lowest BCUT2D eigenvalue weighted by molar-refractivity contribution is 0.631. The summed E-state index contributed by atoms with van der Waals surface area (Å²) in [5, 5.41) is 2.87. The van der Waals surface area contributed by atoms with Crippen molar-refractivity contribution in [1.29, 1.82) is 0 Å². The Morgan fingerprint density at radius 3 is 2.58 bits per heavy atom. The highest BCUT2D eigenvalue weighted by Crippen LogP contribution is 2.16. The van der Waals surface area contributed by atoms with Gasteiger partial charge in [-0.15, -0.1) is 0 Å². The third-order valence-corrected chi connectivity index (χ3v) is 2.63. The predicted molar refractivity (Wildman–Crippen MR) is 82.0 cm³/mol. The fourth-order valence-corrected chi connectivity index (χ4v) is 1.64. The molecule has 0 saturated carbocycles. The second kappa shape index (κ2) is 7.59. The van der Waals surface area contributed by atoms with Crippen LogP contribution in [-0.2, 0) is 0 Å². The maximum atomic E-state index is 13.6. The maximum Gasteiger partial charge on any atom is 0.146 e. The quantitative estimate of drug-likeness (QED) is 0.826. The van der Waals surface area contributed by atoms with Crippen molar-refractivity contribution in [2.24, 2.45) is 0 Å². The zero-order valence-corrected chi connectivity index (χ0v) is 12.1. The van der Waals surface area contributed by atoms with Crippen LogP contribution in [0.5, 0.6) is 0 Å². The Labute approximate surface area is 118 Å². The van der Waals surface area contributed by atoms with Crippen molar-refractivity contribution in [3.05, 3.63) is 59.7 Å². The van der Waals surface area contributed by atoms with Crippen LogP contribution in [0.3, 0.4) is 0 Å². The summed E-state index contributed by atoms with van der Waals surface area (Å²) >= 11 is 5.18. The number of thiocarbonyl (C=S) groups is 1. The molecule has 0 aliphatic rings. The fraction of sp³-hybridized carbons (Fsp3) is 0.200. The number of hydrogen-bond acceptors (Lipinski definition) is 2. The Morgan fingerprint density at radius 1 is 1.26 bits per heavy atom. The second-order valence-electron chi connectivity index (χ2n) is 3.68. The highest BCUT2D eigenvalue weighted by molar-refractivity contribution is 7.81. The van der Waals surface area contributed by atoms with Gasteiger partial charge in [0.25, 0.3) is 0 Å². The smallest absolute Gasteiger partial charge is 0.146 e. The third kappa shape index (κ3) is 4.41.